The molecular weight excluding hydrogens is 228 g/mol. The van der Waals surface area contributed by atoms with E-state index < -0.39 is 0 Å². The highest BCUT2D eigenvalue weighted by atomic mass is 16.2. The third-order valence-electron chi connectivity index (χ3n) is 3.69. The SMILES string of the molecule is Cc1cc(C)n(CC(=O)N2CCC(CN)CC2)n1. The predicted molar refractivity (Wildman–Crippen MR) is 70.1 cm³/mol. The van der Waals surface area contributed by atoms with E-state index >= 15 is 0 Å². The van der Waals surface area contributed by atoms with Crippen molar-refractivity contribution in [1.29, 1.82) is 0 Å². The summed E-state index contributed by atoms with van der Waals surface area (Å²) in [4.78, 5) is 14.1. The van der Waals surface area contributed by atoms with E-state index in [4.69, 9.17) is 5.73 Å². The summed E-state index contributed by atoms with van der Waals surface area (Å²) in [6.07, 6.45) is 2.05. The van der Waals surface area contributed by atoms with Crippen LogP contribution in [0.5, 0.6) is 0 Å². The van der Waals surface area contributed by atoms with Gasteiger partial charge in [0.2, 0.25) is 5.91 Å². The Morgan fingerprint density at radius 3 is 2.61 bits per heavy atom. The highest BCUT2D eigenvalue weighted by Gasteiger charge is 2.22. The maximum atomic E-state index is 12.2. The van der Waals surface area contributed by atoms with Gasteiger partial charge >= 0.3 is 0 Å². The third kappa shape index (κ3) is 2.90. The maximum Gasteiger partial charge on any atom is 0.244 e. The number of likely N-dealkylation sites (tertiary alicyclic amines) is 1. The average Bonchev–Trinajstić information content (AvgIpc) is 2.68. The molecule has 0 unspecified atom stereocenters. The van der Waals surface area contributed by atoms with Gasteiger partial charge in [-0.15, -0.1) is 0 Å². The number of rotatable bonds is 3. The molecule has 2 N–H and O–H groups in total. The van der Waals surface area contributed by atoms with Crippen LogP contribution in [-0.2, 0) is 11.3 Å². The zero-order chi connectivity index (χ0) is 13.1. The number of nitrogens with two attached hydrogens (primary N) is 1. The number of aryl methyl sites for hydroxylation is 2. The number of hydrogen-bond donors (Lipinski definition) is 1. The summed E-state index contributed by atoms with van der Waals surface area (Å²) in [6.45, 7) is 6.68. The molecule has 0 aromatic carbocycles. The van der Waals surface area contributed by atoms with Crippen LogP contribution in [-0.4, -0.2) is 40.2 Å². The van der Waals surface area contributed by atoms with Crippen LogP contribution < -0.4 is 5.73 Å². The number of aromatic nitrogens is 2. The lowest BCUT2D eigenvalue weighted by molar-refractivity contribution is -0.133. The minimum atomic E-state index is 0.164. The lowest BCUT2D eigenvalue weighted by Gasteiger charge is -2.31. The number of piperidine rings is 1. The summed E-state index contributed by atoms with van der Waals surface area (Å²) in [5.74, 6) is 0.749. The van der Waals surface area contributed by atoms with Gasteiger partial charge in [-0.1, -0.05) is 0 Å². The van der Waals surface area contributed by atoms with Gasteiger partial charge in [-0.2, -0.15) is 5.10 Å². The van der Waals surface area contributed by atoms with Crippen LogP contribution in [0.4, 0.5) is 0 Å². The van der Waals surface area contributed by atoms with Crippen LogP contribution in [0.15, 0.2) is 6.07 Å². The predicted octanol–water partition coefficient (Wildman–Crippen LogP) is 0.697. The fraction of sp³-hybridized carbons (Fsp3) is 0.692. The smallest absolute Gasteiger partial charge is 0.244 e. The van der Waals surface area contributed by atoms with E-state index in [-0.39, 0.29) is 5.91 Å². The highest BCUT2D eigenvalue weighted by Crippen LogP contribution is 2.16. The molecule has 0 spiro atoms. The Hall–Kier alpha value is -1.36. The van der Waals surface area contributed by atoms with Crippen molar-refractivity contribution in [2.75, 3.05) is 19.6 Å². The molecule has 18 heavy (non-hydrogen) atoms. The second-order valence-corrected chi connectivity index (χ2v) is 5.14. The Morgan fingerprint density at radius 1 is 1.44 bits per heavy atom. The number of hydrogen-bond acceptors (Lipinski definition) is 3. The summed E-state index contributed by atoms with van der Waals surface area (Å²) in [6, 6.07) is 1.99. The van der Waals surface area contributed by atoms with Crippen molar-refractivity contribution in [3.63, 3.8) is 0 Å². The highest BCUT2D eigenvalue weighted by molar-refractivity contribution is 5.76. The Morgan fingerprint density at radius 2 is 2.11 bits per heavy atom. The molecule has 5 nitrogen and oxygen atoms in total. The fourth-order valence-electron chi connectivity index (χ4n) is 2.48. The molecular formula is C13H22N4O. The molecule has 0 radical (unpaired) electrons. The summed E-state index contributed by atoms with van der Waals surface area (Å²) in [7, 11) is 0. The first-order chi connectivity index (χ1) is 8.60. The average molecular weight is 250 g/mol. The Bertz CT molecular complexity index is 419. The van der Waals surface area contributed by atoms with Crippen molar-refractivity contribution in [2.24, 2.45) is 11.7 Å². The van der Waals surface area contributed by atoms with E-state index in [9.17, 15) is 4.79 Å². The summed E-state index contributed by atoms with van der Waals surface area (Å²) < 4.78 is 1.78. The maximum absolute atomic E-state index is 12.2. The number of carbonyl (C=O) groups is 1. The minimum absolute atomic E-state index is 0.164. The van der Waals surface area contributed by atoms with Gasteiger partial charge in [0, 0.05) is 18.8 Å². The summed E-state index contributed by atoms with van der Waals surface area (Å²) in [5, 5.41) is 4.33. The van der Waals surface area contributed by atoms with Gasteiger partial charge in [0.15, 0.2) is 0 Å². The second kappa shape index (κ2) is 5.52. The second-order valence-electron chi connectivity index (χ2n) is 5.14. The van der Waals surface area contributed by atoms with Crippen molar-refractivity contribution >= 4 is 5.91 Å². The molecule has 0 saturated carbocycles. The zero-order valence-electron chi connectivity index (χ0n) is 11.2. The standard InChI is InChI=1S/C13H22N4O/c1-10-7-11(2)17(15-10)9-13(18)16-5-3-12(8-14)4-6-16/h7,12H,3-6,8-9,14H2,1-2H3. The topological polar surface area (TPSA) is 64.2 Å². The first kappa shape index (κ1) is 13.1. The van der Waals surface area contributed by atoms with E-state index in [0.717, 1.165) is 43.9 Å². The van der Waals surface area contributed by atoms with Crippen LogP contribution in [0.3, 0.4) is 0 Å². The Balaban J connectivity index is 1.91. The molecule has 100 valence electrons. The van der Waals surface area contributed by atoms with Crippen molar-refractivity contribution in [1.82, 2.24) is 14.7 Å². The van der Waals surface area contributed by atoms with Gasteiger partial charge < -0.3 is 10.6 Å². The van der Waals surface area contributed by atoms with E-state index in [1.165, 1.54) is 0 Å². The van der Waals surface area contributed by atoms with E-state index in [1.54, 1.807) is 4.68 Å². The van der Waals surface area contributed by atoms with Crippen molar-refractivity contribution in [3.8, 4) is 0 Å². The van der Waals surface area contributed by atoms with Crippen molar-refractivity contribution in [2.45, 2.75) is 33.2 Å². The minimum Gasteiger partial charge on any atom is -0.341 e. The largest absolute Gasteiger partial charge is 0.341 e. The first-order valence-electron chi connectivity index (χ1n) is 6.59. The van der Waals surface area contributed by atoms with E-state index in [2.05, 4.69) is 5.10 Å². The van der Waals surface area contributed by atoms with E-state index in [1.807, 2.05) is 24.8 Å². The van der Waals surface area contributed by atoms with Crippen LogP contribution >= 0.6 is 0 Å². The molecule has 0 bridgehead atoms. The van der Waals surface area contributed by atoms with Crippen molar-refractivity contribution in [3.05, 3.63) is 17.5 Å². The van der Waals surface area contributed by atoms with Gasteiger partial charge in [-0.05, 0) is 45.2 Å². The first-order valence-corrected chi connectivity index (χ1v) is 6.59. The lowest BCUT2D eigenvalue weighted by atomic mass is 9.97. The molecule has 0 aliphatic carbocycles. The quantitative estimate of drug-likeness (QED) is 0.858. The normalized spacial score (nSPS) is 17.2. The number of carbonyl (C=O) groups excluding carboxylic acids is 1. The third-order valence-corrected chi connectivity index (χ3v) is 3.69. The molecule has 2 rings (SSSR count). The molecule has 1 saturated heterocycles. The van der Waals surface area contributed by atoms with Crippen LogP contribution in [0.25, 0.3) is 0 Å². The van der Waals surface area contributed by atoms with Gasteiger partial charge in [0.25, 0.3) is 0 Å². The molecule has 2 heterocycles. The van der Waals surface area contributed by atoms with Gasteiger partial charge in [-0.3, -0.25) is 9.48 Å². The summed E-state index contributed by atoms with van der Waals surface area (Å²) in [5.41, 5.74) is 7.65. The van der Waals surface area contributed by atoms with Crippen LogP contribution in [0.1, 0.15) is 24.2 Å². The van der Waals surface area contributed by atoms with Crippen molar-refractivity contribution < 1.29 is 4.79 Å². The summed E-state index contributed by atoms with van der Waals surface area (Å²) >= 11 is 0. The zero-order valence-corrected chi connectivity index (χ0v) is 11.2. The monoisotopic (exact) mass is 250 g/mol. The lowest BCUT2D eigenvalue weighted by Crippen LogP contribution is -2.41. The molecule has 1 aromatic rings. The van der Waals surface area contributed by atoms with Gasteiger partial charge in [0.05, 0.1) is 5.69 Å². The molecule has 5 heteroatoms. The molecule has 1 aliphatic heterocycles. The Kier molecular flexibility index (Phi) is 4.01. The van der Waals surface area contributed by atoms with Gasteiger partial charge in [0.1, 0.15) is 6.54 Å². The molecule has 1 amide bonds. The number of nitrogens with zero attached hydrogens (tertiary/aromatic N) is 3. The fourth-order valence-corrected chi connectivity index (χ4v) is 2.48. The molecule has 1 aromatic heterocycles. The Labute approximate surface area is 108 Å². The molecule has 0 atom stereocenters. The van der Waals surface area contributed by atoms with Gasteiger partial charge in [-0.25, -0.2) is 0 Å². The van der Waals surface area contributed by atoms with Crippen LogP contribution in [0, 0.1) is 19.8 Å². The number of amides is 1. The van der Waals surface area contributed by atoms with Crippen LogP contribution in [0.2, 0.25) is 0 Å². The van der Waals surface area contributed by atoms with E-state index in [0.29, 0.717) is 12.5 Å². The molecule has 1 aliphatic rings. The molecule has 1 fully saturated rings.